The summed E-state index contributed by atoms with van der Waals surface area (Å²) in [5, 5.41) is 2.86. The first-order chi connectivity index (χ1) is 12.1. The summed E-state index contributed by atoms with van der Waals surface area (Å²) in [5.41, 5.74) is 1.71. The number of hydrogen-bond donors (Lipinski definition) is 1. The van der Waals surface area contributed by atoms with Crippen molar-refractivity contribution in [2.75, 3.05) is 12.4 Å². The molecule has 0 bridgehead atoms. The molecule has 3 rings (SSSR count). The zero-order chi connectivity index (χ0) is 17.6. The number of aromatic nitrogens is 1. The van der Waals surface area contributed by atoms with E-state index in [1.165, 1.54) is 0 Å². The van der Waals surface area contributed by atoms with Gasteiger partial charge in [-0.2, -0.15) is 0 Å². The molecular weight excluding hydrogens is 431 g/mol. The Morgan fingerprint density at radius 1 is 1.16 bits per heavy atom. The Hall–Kier alpha value is -2.35. The van der Waals surface area contributed by atoms with Gasteiger partial charge in [0.05, 0.1) is 13.3 Å². The molecule has 2 aromatic carbocycles. The summed E-state index contributed by atoms with van der Waals surface area (Å²) in [6.07, 6.45) is 2.44. The Kier molecular flexibility index (Phi) is 5.70. The first-order valence-electron chi connectivity index (χ1n) is 7.78. The SMILES string of the molecule is COc1ccc(-c2cnc(CCC(=O)Nc3ccc(I)cc3)o2)cc1. The second-order valence-electron chi connectivity index (χ2n) is 5.40. The van der Waals surface area contributed by atoms with Crippen LogP contribution < -0.4 is 10.1 Å². The number of halogens is 1. The minimum Gasteiger partial charge on any atom is -0.497 e. The van der Waals surface area contributed by atoms with Gasteiger partial charge in [0.1, 0.15) is 5.75 Å². The van der Waals surface area contributed by atoms with Gasteiger partial charge in [0.25, 0.3) is 0 Å². The van der Waals surface area contributed by atoms with Gasteiger partial charge in [-0.3, -0.25) is 4.79 Å². The fraction of sp³-hybridized carbons (Fsp3) is 0.158. The molecule has 0 spiro atoms. The van der Waals surface area contributed by atoms with Crippen LogP contribution >= 0.6 is 22.6 Å². The number of amides is 1. The van der Waals surface area contributed by atoms with E-state index in [0.717, 1.165) is 20.6 Å². The van der Waals surface area contributed by atoms with Gasteiger partial charge in [-0.15, -0.1) is 0 Å². The van der Waals surface area contributed by atoms with E-state index in [9.17, 15) is 4.79 Å². The van der Waals surface area contributed by atoms with Gasteiger partial charge in [0.2, 0.25) is 5.91 Å². The van der Waals surface area contributed by atoms with Crippen molar-refractivity contribution in [3.8, 4) is 17.1 Å². The fourth-order valence-electron chi connectivity index (χ4n) is 2.29. The van der Waals surface area contributed by atoms with Crippen molar-refractivity contribution in [2.24, 2.45) is 0 Å². The van der Waals surface area contributed by atoms with Gasteiger partial charge >= 0.3 is 0 Å². The van der Waals surface area contributed by atoms with Crippen LogP contribution in [0, 0.1) is 3.57 Å². The lowest BCUT2D eigenvalue weighted by molar-refractivity contribution is -0.116. The van der Waals surface area contributed by atoms with Crippen molar-refractivity contribution < 1.29 is 13.9 Å². The Labute approximate surface area is 159 Å². The molecule has 128 valence electrons. The maximum Gasteiger partial charge on any atom is 0.224 e. The number of benzene rings is 2. The Morgan fingerprint density at radius 3 is 2.56 bits per heavy atom. The second-order valence-corrected chi connectivity index (χ2v) is 6.65. The smallest absolute Gasteiger partial charge is 0.224 e. The van der Waals surface area contributed by atoms with Crippen molar-refractivity contribution >= 4 is 34.2 Å². The van der Waals surface area contributed by atoms with Crippen molar-refractivity contribution in [1.29, 1.82) is 0 Å². The zero-order valence-corrected chi connectivity index (χ0v) is 15.8. The number of methoxy groups -OCH3 is 1. The van der Waals surface area contributed by atoms with E-state index < -0.39 is 0 Å². The predicted molar refractivity (Wildman–Crippen MR) is 105 cm³/mol. The van der Waals surface area contributed by atoms with Gasteiger partial charge in [0.15, 0.2) is 11.7 Å². The summed E-state index contributed by atoms with van der Waals surface area (Å²) >= 11 is 2.23. The number of anilines is 1. The van der Waals surface area contributed by atoms with Gasteiger partial charge < -0.3 is 14.5 Å². The van der Waals surface area contributed by atoms with Crippen molar-refractivity contribution in [1.82, 2.24) is 4.98 Å². The van der Waals surface area contributed by atoms with Crippen LogP contribution in [-0.2, 0) is 11.2 Å². The summed E-state index contributed by atoms with van der Waals surface area (Å²) in [5.74, 6) is 1.94. The number of rotatable bonds is 6. The number of carbonyl (C=O) groups is 1. The van der Waals surface area contributed by atoms with Crippen LogP contribution in [0.2, 0.25) is 0 Å². The third-order valence-electron chi connectivity index (χ3n) is 3.62. The molecule has 0 atom stereocenters. The summed E-state index contributed by atoms with van der Waals surface area (Å²) in [7, 11) is 1.63. The zero-order valence-electron chi connectivity index (χ0n) is 13.7. The van der Waals surface area contributed by atoms with Gasteiger partial charge in [-0.05, 0) is 71.1 Å². The van der Waals surface area contributed by atoms with Crippen LogP contribution in [0.4, 0.5) is 5.69 Å². The monoisotopic (exact) mass is 448 g/mol. The van der Waals surface area contributed by atoms with Crippen molar-refractivity contribution in [2.45, 2.75) is 12.8 Å². The number of aryl methyl sites for hydroxylation is 1. The molecule has 0 aliphatic carbocycles. The van der Waals surface area contributed by atoms with Crippen LogP contribution in [0.15, 0.2) is 59.1 Å². The Balaban J connectivity index is 1.55. The number of ether oxygens (including phenoxy) is 1. The fourth-order valence-corrected chi connectivity index (χ4v) is 2.65. The summed E-state index contributed by atoms with van der Waals surface area (Å²) in [6, 6.07) is 15.2. The molecule has 0 saturated heterocycles. The molecule has 0 unspecified atom stereocenters. The van der Waals surface area contributed by atoms with E-state index in [1.807, 2.05) is 48.5 Å². The van der Waals surface area contributed by atoms with E-state index in [0.29, 0.717) is 24.5 Å². The molecule has 25 heavy (non-hydrogen) atoms. The van der Waals surface area contributed by atoms with E-state index in [2.05, 4.69) is 32.9 Å². The lowest BCUT2D eigenvalue weighted by Gasteiger charge is -2.04. The Bertz CT molecular complexity index is 842. The lowest BCUT2D eigenvalue weighted by Crippen LogP contribution is -2.12. The number of hydrogen-bond acceptors (Lipinski definition) is 4. The first kappa shape index (κ1) is 17.5. The molecule has 0 aliphatic rings. The molecule has 0 fully saturated rings. The maximum absolute atomic E-state index is 12.0. The molecule has 6 heteroatoms. The topological polar surface area (TPSA) is 64.4 Å². The highest BCUT2D eigenvalue weighted by Gasteiger charge is 2.09. The molecule has 5 nitrogen and oxygen atoms in total. The Morgan fingerprint density at radius 2 is 1.88 bits per heavy atom. The maximum atomic E-state index is 12.0. The molecule has 0 saturated carbocycles. The van der Waals surface area contributed by atoms with Crippen LogP contribution in [-0.4, -0.2) is 18.0 Å². The standard InChI is InChI=1S/C19H17IN2O3/c1-24-16-8-2-13(3-9-16)17-12-21-19(25-17)11-10-18(23)22-15-6-4-14(20)5-7-15/h2-9,12H,10-11H2,1H3,(H,22,23). The highest BCUT2D eigenvalue weighted by atomic mass is 127. The largest absolute Gasteiger partial charge is 0.497 e. The minimum absolute atomic E-state index is 0.0644. The molecule has 0 radical (unpaired) electrons. The molecule has 1 aromatic heterocycles. The normalized spacial score (nSPS) is 10.5. The summed E-state index contributed by atoms with van der Waals surface area (Å²) in [4.78, 5) is 16.3. The summed E-state index contributed by atoms with van der Waals surface area (Å²) in [6.45, 7) is 0. The molecule has 1 heterocycles. The second kappa shape index (κ2) is 8.15. The van der Waals surface area contributed by atoms with E-state index in [4.69, 9.17) is 9.15 Å². The van der Waals surface area contributed by atoms with E-state index in [-0.39, 0.29) is 5.91 Å². The number of nitrogens with zero attached hydrogens (tertiary/aromatic N) is 1. The third-order valence-corrected chi connectivity index (χ3v) is 4.34. The summed E-state index contributed by atoms with van der Waals surface area (Å²) < 4.78 is 12.0. The van der Waals surface area contributed by atoms with E-state index >= 15 is 0 Å². The molecule has 3 aromatic rings. The molecule has 1 amide bonds. The van der Waals surface area contributed by atoms with Crippen LogP contribution in [0.3, 0.4) is 0 Å². The van der Waals surface area contributed by atoms with Crippen LogP contribution in [0.25, 0.3) is 11.3 Å². The van der Waals surface area contributed by atoms with Crippen molar-refractivity contribution in [3.05, 3.63) is 64.2 Å². The average Bonchev–Trinajstić information content (AvgIpc) is 3.11. The van der Waals surface area contributed by atoms with Crippen LogP contribution in [0.5, 0.6) is 5.75 Å². The van der Waals surface area contributed by atoms with Gasteiger partial charge in [0, 0.05) is 27.7 Å². The quantitative estimate of drug-likeness (QED) is 0.563. The average molecular weight is 448 g/mol. The first-order valence-corrected chi connectivity index (χ1v) is 8.86. The minimum atomic E-state index is -0.0644. The van der Waals surface area contributed by atoms with Gasteiger partial charge in [-0.1, -0.05) is 0 Å². The number of nitrogens with one attached hydrogen (secondary N) is 1. The van der Waals surface area contributed by atoms with Crippen molar-refractivity contribution in [3.63, 3.8) is 0 Å². The van der Waals surface area contributed by atoms with E-state index in [1.54, 1.807) is 13.3 Å². The highest BCUT2D eigenvalue weighted by Crippen LogP contribution is 2.23. The lowest BCUT2D eigenvalue weighted by atomic mass is 10.2. The predicted octanol–water partition coefficient (Wildman–Crippen LogP) is 4.53. The number of carbonyl (C=O) groups excluding carboxylic acids is 1. The molecule has 0 aliphatic heterocycles. The molecule has 1 N–H and O–H groups in total. The molecular formula is C19H17IN2O3. The van der Waals surface area contributed by atoms with Crippen LogP contribution in [0.1, 0.15) is 12.3 Å². The van der Waals surface area contributed by atoms with Gasteiger partial charge in [-0.25, -0.2) is 4.98 Å². The highest BCUT2D eigenvalue weighted by molar-refractivity contribution is 14.1. The third kappa shape index (κ3) is 4.82. The number of oxazole rings is 1.